The van der Waals surface area contributed by atoms with E-state index in [9.17, 15) is 9.59 Å². The number of urea groups is 1. The van der Waals surface area contributed by atoms with E-state index in [-0.39, 0.29) is 18.0 Å². The molecule has 34 heavy (non-hydrogen) atoms. The van der Waals surface area contributed by atoms with Crippen molar-refractivity contribution < 1.29 is 9.59 Å². The molecule has 3 aliphatic rings. The molecule has 3 heterocycles. The van der Waals surface area contributed by atoms with Crippen molar-refractivity contribution in [1.29, 1.82) is 0 Å². The SMILES string of the molecule is CC1Cc2ccccc2N1C(=O)c1csc(C2CCN(C(=O)NCCC3=CCCCC3)CC2)n1. The van der Waals surface area contributed by atoms with Crippen LogP contribution in [0.5, 0.6) is 0 Å². The zero-order valence-electron chi connectivity index (χ0n) is 20.0. The molecule has 1 aromatic heterocycles. The zero-order chi connectivity index (χ0) is 23.5. The normalized spacial score (nSPS) is 20.7. The Bertz CT molecular complexity index is 1070. The summed E-state index contributed by atoms with van der Waals surface area (Å²) in [6.45, 7) is 4.29. The summed E-state index contributed by atoms with van der Waals surface area (Å²) in [5.41, 5.74) is 4.26. The second-order valence-electron chi connectivity index (χ2n) is 9.78. The lowest BCUT2D eigenvalue weighted by Gasteiger charge is -2.31. The smallest absolute Gasteiger partial charge is 0.317 e. The highest BCUT2D eigenvalue weighted by molar-refractivity contribution is 7.10. The number of rotatable bonds is 5. The second kappa shape index (κ2) is 10.3. The number of allylic oxidation sites excluding steroid dienone is 1. The summed E-state index contributed by atoms with van der Waals surface area (Å²) in [7, 11) is 0. The minimum Gasteiger partial charge on any atom is -0.338 e. The second-order valence-corrected chi connectivity index (χ2v) is 10.7. The van der Waals surface area contributed by atoms with Crippen molar-refractivity contribution in [2.45, 2.75) is 70.3 Å². The van der Waals surface area contributed by atoms with Gasteiger partial charge in [-0.2, -0.15) is 0 Å². The van der Waals surface area contributed by atoms with E-state index in [0.717, 1.165) is 56.0 Å². The fourth-order valence-corrected chi connectivity index (χ4v) is 6.44. The maximum Gasteiger partial charge on any atom is 0.317 e. The van der Waals surface area contributed by atoms with Crippen molar-refractivity contribution >= 4 is 29.0 Å². The zero-order valence-corrected chi connectivity index (χ0v) is 20.8. The van der Waals surface area contributed by atoms with Crippen LogP contribution in [-0.4, -0.2) is 47.5 Å². The van der Waals surface area contributed by atoms with Gasteiger partial charge in [-0.1, -0.05) is 29.8 Å². The lowest BCUT2D eigenvalue weighted by atomic mass is 9.97. The van der Waals surface area contributed by atoms with Gasteiger partial charge in [0, 0.05) is 42.7 Å². The third kappa shape index (κ3) is 4.90. The lowest BCUT2D eigenvalue weighted by molar-refractivity contribution is 0.0977. The maximum atomic E-state index is 13.3. The van der Waals surface area contributed by atoms with Gasteiger partial charge in [-0.25, -0.2) is 9.78 Å². The molecule has 0 bridgehead atoms. The van der Waals surface area contributed by atoms with E-state index in [2.05, 4.69) is 24.4 Å². The Labute approximate surface area is 206 Å². The highest BCUT2D eigenvalue weighted by Crippen LogP contribution is 2.35. The summed E-state index contributed by atoms with van der Waals surface area (Å²) in [5, 5.41) is 6.03. The van der Waals surface area contributed by atoms with E-state index in [1.165, 1.54) is 36.8 Å². The number of thiazole rings is 1. The molecule has 0 spiro atoms. The van der Waals surface area contributed by atoms with E-state index in [4.69, 9.17) is 4.98 Å². The molecule has 2 aromatic rings. The van der Waals surface area contributed by atoms with Crippen molar-refractivity contribution in [3.05, 3.63) is 57.6 Å². The first-order valence-electron chi connectivity index (χ1n) is 12.7. The molecule has 7 heteroatoms. The predicted octanol–water partition coefficient (Wildman–Crippen LogP) is 5.51. The van der Waals surface area contributed by atoms with Gasteiger partial charge in [0.15, 0.2) is 0 Å². The van der Waals surface area contributed by atoms with Crippen LogP contribution >= 0.6 is 11.3 Å². The summed E-state index contributed by atoms with van der Waals surface area (Å²) in [6.07, 6.45) is 10.9. The van der Waals surface area contributed by atoms with Gasteiger partial charge in [0.25, 0.3) is 5.91 Å². The monoisotopic (exact) mass is 478 g/mol. The quantitative estimate of drug-likeness (QED) is 0.576. The summed E-state index contributed by atoms with van der Waals surface area (Å²) < 4.78 is 0. The van der Waals surface area contributed by atoms with E-state index < -0.39 is 0 Å². The topological polar surface area (TPSA) is 65.5 Å². The minimum atomic E-state index is -0.00940. The van der Waals surface area contributed by atoms with Gasteiger partial charge < -0.3 is 15.1 Å². The van der Waals surface area contributed by atoms with Gasteiger partial charge in [0.2, 0.25) is 0 Å². The van der Waals surface area contributed by atoms with E-state index in [1.807, 2.05) is 33.4 Å². The van der Waals surface area contributed by atoms with Crippen LogP contribution in [0.2, 0.25) is 0 Å². The molecule has 1 N–H and O–H groups in total. The number of hydrogen-bond donors (Lipinski definition) is 1. The molecular weight excluding hydrogens is 444 g/mol. The molecule has 1 saturated heterocycles. The number of carbonyl (C=O) groups excluding carboxylic acids is 2. The number of carbonyl (C=O) groups is 2. The average Bonchev–Trinajstić information content (AvgIpc) is 3.49. The van der Waals surface area contributed by atoms with Gasteiger partial charge in [-0.3, -0.25) is 4.79 Å². The number of amides is 3. The molecule has 5 rings (SSSR count). The van der Waals surface area contributed by atoms with Gasteiger partial charge >= 0.3 is 6.03 Å². The number of hydrogen-bond acceptors (Lipinski definition) is 4. The Morgan fingerprint density at radius 3 is 2.79 bits per heavy atom. The molecule has 1 unspecified atom stereocenters. The molecule has 3 amide bonds. The van der Waals surface area contributed by atoms with Crippen LogP contribution in [0.1, 0.15) is 78.8 Å². The van der Waals surface area contributed by atoms with Gasteiger partial charge in [0.05, 0.1) is 5.01 Å². The molecule has 1 atom stereocenters. The Balaban J connectivity index is 1.13. The third-order valence-electron chi connectivity index (χ3n) is 7.41. The van der Waals surface area contributed by atoms with Crippen molar-refractivity contribution in [1.82, 2.24) is 15.2 Å². The number of nitrogens with one attached hydrogen (secondary N) is 1. The molecule has 6 nitrogen and oxygen atoms in total. The molecule has 2 aliphatic heterocycles. The summed E-state index contributed by atoms with van der Waals surface area (Å²) in [4.78, 5) is 34.4. The van der Waals surface area contributed by atoms with Crippen LogP contribution in [0.4, 0.5) is 10.5 Å². The largest absolute Gasteiger partial charge is 0.338 e. The van der Waals surface area contributed by atoms with Crippen LogP contribution in [0.15, 0.2) is 41.3 Å². The maximum absolute atomic E-state index is 13.3. The number of nitrogens with zero attached hydrogens (tertiary/aromatic N) is 3. The number of benzene rings is 1. The first kappa shape index (κ1) is 23.1. The van der Waals surface area contributed by atoms with Crippen molar-refractivity contribution in [3.8, 4) is 0 Å². The number of likely N-dealkylation sites (tertiary alicyclic amines) is 1. The number of para-hydroxylation sites is 1. The van der Waals surface area contributed by atoms with E-state index >= 15 is 0 Å². The van der Waals surface area contributed by atoms with Crippen LogP contribution in [-0.2, 0) is 6.42 Å². The van der Waals surface area contributed by atoms with Gasteiger partial charge in [0.1, 0.15) is 5.69 Å². The van der Waals surface area contributed by atoms with Crippen LogP contribution < -0.4 is 10.2 Å². The standard InChI is InChI=1S/C27H34N4O2S/c1-19-17-22-9-5-6-10-24(22)31(19)26(32)23-18-34-25(29-23)21-12-15-30(16-13-21)27(33)28-14-11-20-7-3-2-4-8-20/h5-7,9-10,18-19,21H,2-4,8,11-17H2,1H3,(H,28,33). The molecule has 0 saturated carbocycles. The van der Waals surface area contributed by atoms with Crippen LogP contribution in [0.25, 0.3) is 0 Å². The highest BCUT2D eigenvalue weighted by atomic mass is 32.1. The Morgan fingerprint density at radius 1 is 1.18 bits per heavy atom. The van der Waals surface area contributed by atoms with Crippen molar-refractivity contribution in [2.24, 2.45) is 0 Å². The first-order valence-corrected chi connectivity index (χ1v) is 13.6. The third-order valence-corrected chi connectivity index (χ3v) is 8.41. The molecule has 1 fully saturated rings. The van der Waals surface area contributed by atoms with Gasteiger partial charge in [-0.15, -0.1) is 11.3 Å². The fourth-order valence-electron chi connectivity index (χ4n) is 5.47. The van der Waals surface area contributed by atoms with E-state index in [0.29, 0.717) is 11.6 Å². The number of piperidine rings is 1. The summed E-state index contributed by atoms with van der Waals surface area (Å²) >= 11 is 1.58. The Morgan fingerprint density at radius 2 is 2.00 bits per heavy atom. The Kier molecular flexibility index (Phi) is 6.99. The summed E-state index contributed by atoms with van der Waals surface area (Å²) in [5.74, 6) is 0.302. The molecule has 1 aromatic carbocycles. The number of anilines is 1. The average molecular weight is 479 g/mol. The highest BCUT2D eigenvalue weighted by Gasteiger charge is 2.33. The number of fused-ring (bicyclic) bond motifs is 1. The predicted molar refractivity (Wildman–Crippen MR) is 137 cm³/mol. The molecule has 0 radical (unpaired) electrons. The van der Waals surface area contributed by atoms with Crippen molar-refractivity contribution in [2.75, 3.05) is 24.5 Å². The first-order chi connectivity index (χ1) is 16.6. The van der Waals surface area contributed by atoms with Gasteiger partial charge in [-0.05, 0) is 69.9 Å². The lowest BCUT2D eigenvalue weighted by Crippen LogP contribution is -2.44. The summed E-state index contributed by atoms with van der Waals surface area (Å²) in [6, 6.07) is 8.33. The Hall–Kier alpha value is -2.67. The minimum absolute atomic E-state index is 0.00940. The van der Waals surface area contributed by atoms with Crippen LogP contribution in [0.3, 0.4) is 0 Å². The fraction of sp³-hybridized carbons (Fsp3) is 0.519. The van der Waals surface area contributed by atoms with Crippen molar-refractivity contribution in [3.63, 3.8) is 0 Å². The molecule has 180 valence electrons. The number of aromatic nitrogens is 1. The molecule has 1 aliphatic carbocycles. The molecular formula is C27H34N4O2S. The van der Waals surface area contributed by atoms with Crippen LogP contribution in [0, 0.1) is 0 Å². The van der Waals surface area contributed by atoms with E-state index in [1.54, 1.807) is 11.3 Å².